The van der Waals surface area contributed by atoms with Crippen molar-refractivity contribution < 1.29 is 23.7 Å². The van der Waals surface area contributed by atoms with Crippen LogP contribution >= 0.6 is 0 Å². The lowest BCUT2D eigenvalue weighted by atomic mass is 9.77. The van der Waals surface area contributed by atoms with Gasteiger partial charge in [-0.1, -0.05) is 31.0 Å². The van der Waals surface area contributed by atoms with Crippen LogP contribution in [0.15, 0.2) is 36.4 Å². The first kappa shape index (κ1) is 20.0. The molecule has 0 spiro atoms. The van der Waals surface area contributed by atoms with E-state index in [1.54, 1.807) is 0 Å². The maximum atomic E-state index is 14.0. The normalized spacial score (nSPS) is 18.5. The fourth-order valence-electron chi connectivity index (χ4n) is 5.04. The van der Waals surface area contributed by atoms with E-state index in [1.165, 1.54) is 0 Å². The number of fused-ring (bicyclic) bond motifs is 2. The summed E-state index contributed by atoms with van der Waals surface area (Å²) in [7, 11) is 0. The van der Waals surface area contributed by atoms with E-state index in [9.17, 15) is 4.79 Å². The second-order valence-corrected chi connectivity index (χ2v) is 8.41. The molecular formula is C25H29NO5. The largest absolute Gasteiger partial charge is 0.486 e. The molecule has 1 saturated carbocycles. The number of hydrogen-bond donors (Lipinski definition) is 0. The number of likely N-dealkylation sites (N-methyl/N-ethyl adjacent to an activating group) is 1. The molecule has 0 saturated heterocycles. The van der Waals surface area contributed by atoms with E-state index in [0.29, 0.717) is 39.5 Å². The minimum absolute atomic E-state index is 0.179. The summed E-state index contributed by atoms with van der Waals surface area (Å²) in [5.74, 6) is 3.21. The number of carbonyl (C=O) groups is 1. The maximum Gasteiger partial charge on any atom is 0.233 e. The smallest absolute Gasteiger partial charge is 0.233 e. The third-order valence-electron chi connectivity index (χ3n) is 6.64. The van der Waals surface area contributed by atoms with Gasteiger partial charge in [-0.15, -0.1) is 0 Å². The number of ether oxygens (including phenoxy) is 4. The molecule has 3 aliphatic rings. The molecule has 2 heterocycles. The van der Waals surface area contributed by atoms with Crippen LogP contribution < -0.4 is 18.9 Å². The second-order valence-electron chi connectivity index (χ2n) is 8.41. The molecule has 6 nitrogen and oxygen atoms in total. The highest BCUT2D eigenvalue weighted by Crippen LogP contribution is 2.46. The van der Waals surface area contributed by atoms with Crippen molar-refractivity contribution >= 4 is 5.91 Å². The van der Waals surface area contributed by atoms with E-state index in [-0.39, 0.29) is 5.91 Å². The van der Waals surface area contributed by atoms with Crippen molar-refractivity contribution in [3.8, 4) is 23.0 Å². The Morgan fingerprint density at radius 1 is 0.903 bits per heavy atom. The Morgan fingerprint density at radius 3 is 2.39 bits per heavy atom. The van der Waals surface area contributed by atoms with E-state index < -0.39 is 5.41 Å². The molecule has 2 aromatic rings. The highest BCUT2D eigenvalue weighted by Gasteiger charge is 2.45. The van der Waals surface area contributed by atoms with Gasteiger partial charge in [0.05, 0.1) is 5.41 Å². The SMILES string of the molecule is CCN(Cc1cccc2c1OCCO2)C(=O)C1(c2ccc3c(c2)OCCO3)CCCC1. The van der Waals surface area contributed by atoms with Crippen LogP contribution in [-0.4, -0.2) is 43.8 Å². The number of para-hydroxylation sites is 1. The molecule has 5 rings (SSSR count). The summed E-state index contributed by atoms with van der Waals surface area (Å²) >= 11 is 0. The van der Waals surface area contributed by atoms with E-state index in [1.807, 2.05) is 48.2 Å². The van der Waals surface area contributed by atoms with Crippen molar-refractivity contribution in [2.75, 3.05) is 33.0 Å². The maximum absolute atomic E-state index is 14.0. The van der Waals surface area contributed by atoms with Gasteiger partial charge in [0.25, 0.3) is 0 Å². The van der Waals surface area contributed by atoms with Crippen LogP contribution in [0.3, 0.4) is 0 Å². The summed E-state index contributed by atoms with van der Waals surface area (Å²) in [5.41, 5.74) is 1.51. The first-order valence-corrected chi connectivity index (χ1v) is 11.3. The number of amides is 1. The predicted octanol–water partition coefficient (Wildman–Crippen LogP) is 4.09. The highest BCUT2D eigenvalue weighted by molar-refractivity contribution is 5.89. The Hall–Kier alpha value is -2.89. The molecule has 164 valence electrons. The lowest BCUT2D eigenvalue weighted by Gasteiger charge is -2.35. The average molecular weight is 424 g/mol. The molecule has 0 bridgehead atoms. The summed E-state index contributed by atoms with van der Waals surface area (Å²) in [5, 5.41) is 0. The first-order valence-electron chi connectivity index (χ1n) is 11.3. The Balaban J connectivity index is 1.46. The van der Waals surface area contributed by atoms with Crippen LogP contribution in [0.4, 0.5) is 0 Å². The molecule has 0 atom stereocenters. The average Bonchev–Trinajstić information content (AvgIpc) is 3.33. The lowest BCUT2D eigenvalue weighted by Crippen LogP contribution is -2.45. The van der Waals surface area contributed by atoms with E-state index >= 15 is 0 Å². The van der Waals surface area contributed by atoms with Crippen molar-refractivity contribution in [1.29, 1.82) is 0 Å². The molecule has 0 radical (unpaired) electrons. The van der Waals surface area contributed by atoms with Crippen molar-refractivity contribution in [3.63, 3.8) is 0 Å². The van der Waals surface area contributed by atoms with Gasteiger partial charge in [-0.3, -0.25) is 4.79 Å². The van der Waals surface area contributed by atoms with Crippen LogP contribution in [0.5, 0.6) is 23.0 Å². The zero-order valence-electron chi connectivity index (χ0n) is 18.0. The lowest BCUT2D eigenvalue weighted by molar-refractivity contribution is -0.137. The van der Waals surface area contributed by atoms with Crippen molar-refractivity contribution in [1.82, 2.24) is 4.90 Å². The minimum atomic E-state index is -0.516. The van der Waals surface area contributed by atoms with Gasteiger partial charge in [0.1, 0.15) is 26.4 Å². The van der Waals surface area contributed by atoms with Gasteiger partial charge in [-0.05, 0) is 43.5 Å². The van der Waals surface area contributed by atoms with E-state index in [2.05, 4.69) is 0 Å². The summed E-state index contributed by atoms with van der Waals surface area (Å²) in [4.78, 5) is 16.0. The van der Waals surface area contributed by atoms with Crippen LogP contribution in [0.1, 0.15) is 43.7 Å². The zero-order valence-corrected chi connectivity index (χ0v) is 18.0. The highest BCUT2D eigenvalue weighted by atomic mass is 16.6. The fraction of sp³-hybridized carbons (Fsp3) is 0.480. The minimum Gasteiger partial charge on any atom is -0.486 e. The molecule has 0 aromatic heterocycles. The third-order valence-corrected chi connectivity index (χ3v) is 6.64. The summed E-state index contributed by atoms with van der Waals surface area (Å²) in [6.07, 6.45) is 3.81. The van der Waals surface area contributed by atoms with Crippen LogP contribution in [0, 0.1) is 0 Å². The number of nitrogens with zero attached hydrogens (tertiary/aromatic N) is 1. The van der Waals surface area contributed by atoms with Crippen LogP contribution in [-0.2, 0) is 16.8 Å². The molecule has 1 amide bonds. The number of carbonyl (C=O) groups excluding carboxylic acids is 1. The molecule has 0 N–H and O–H groups in total. The summed E-state index contributed by atoms with van der Waals surface area (Å²) in [6, 6.07) is 11.9. The van der Waals surface area contributed by atoms with Crippen molar-refractivity contribution in [2.24, 2.45) is 0 Å². The number of hydrogen-bond acceptors (Lipinski definition) is 5. The van der Waals surface area contributed by atoms with E-state index in [4.69, 9.17) is 18.9 Å². The molecule has 0 unspecified atom stereocenters. The second kappa shape index (κ2) is 8.33. The summed E-state index contributed by atoms with van der Waals surface area (Å²) < 4.78 is 23.1. The Labute approximate surface area is 183 Å². The Bertz CT molecular complexity index is 966. The standard InChI is InChI=1S/C25H29NO5/c1-2-26(17-18-6-5-7-21-23(18)31-15-14-29-21)24(27)25(10-3-4-11-25)19-8-9-20-22(16-19)30-13-12-28-20/h5-9,16H,2-4,10-15,17H2,1H3. The Morgan fingerprint density at radius 2 is 1.61 bits per heavy atom. The molecule has 31 heavy (non-hydrogen) atoms. The van der Waals surface area contributed by atoms with Gasteiger partial charge in [0.2, 0.25) is 5.91 Å². The van der Waals surface area contributed by atoms with Gasteiger partial charge >= 0.3 is 0 Å². The van der Waals surface area contributed by atoms with Gasteiger partial charge in [0.15, 0.2) is 23.0 Å². The van der Waals surface area contributed by atoms with Gasteiger partial charge in [-0.25, -0.2) is 0 Å². The van der Waals surface area contributed by atoms with E-state index in [0.717, 1.165) is 59.8 Å². The van der Waals surface area contributed by atoms with Crippen LogP contribution in [0.25, 0.3) is 0 Å². The summed E-state index contributed by atoms with van der Waals surface area (Å²) in [6.45, 7) is 5.37. The molecule has 1 aliphatic carbocycles. The fourth-order valence-corrected chi connectivity index (χ4v) is 5.04. The Kier molecular flexibility index (Phi) is 5.38. The monoisotopic (exact) mass is 423 g/mol. The predicted molar refractivity (Wildman–Crippen MR) is 116 cm³/mol. The third kappa shape index (κ3) is 3.58. The molecule has 2 aromatic carbocycles. The number of benzene rings is 2. The quantitative estimate of drug-likeness (QED) is 0.725. The van der Waals surface area contributed by atoms with Gasteiger partial charge < -0.3 is 23.8 Å². The zero-order chi connectivity index (χ0) is 21.3. The first-order chi connectivity index (χ1) is 15.2. The van der Waals surface area contributed by atoms with Crippen molar-refractivity contribution in [2.45, 2.75) is 44.6 Å². The van der Waals surface area contributed by atoms with Crippen LogP contribution in [0.2, 0.25) is 0 Å². The molecule has 6 heteroatoms. The van der Waals surface area contributed by atoms with Gasteiger partial charge in [-0.2, -0.15) is 0 Å². The number of rotatable bonds is 5. The van der Waals surface area contributed by atoms with Gasteiger partial charge in [0, 0.05) is 18.7 Å². The molecular weight excluding hydrogens is 394 g/mol. The van der Waals surface area contributed by atoms with Crippen molar-refractivity contribution in [3.05, 3.63) is 47.5 Å². The topological polar surface area (TPSA) is 57.2 Å². The molecule has 1 fully saturated rings. The molecule has 2 aliphatic heterocycles.